The lowest BCUT2D eigenvalue weighted by molar-refractivity contribution is -0.0591. The first-order valence-electron chi connectivity index (χ1n) is 12.5. The maximum absolute atomic E-state index is 11.6. The molecular formula is C29H29N3O4. The highest BCUT2D eigenvalue weighted by Gasteiger charge is 2.27. The van der Waals surface area contributed by atoms with Crippen LogP contribution in [0.5, 0.6) is 11.5 Å². The molecule has 7 heteroatoms. The van der Waals surface area contributed by atoms with Gasteiger partial charge in [0, 0.05) is 13.2 Å². The third-order valence-corrected chi connectivity index (χ3v) is 7.20. The quantitative estimate of drug-likeness (QED) is 0.366. The van der Waals surface area contributed by atoms with E-state index in [0.29, 0.717) is 12.5 Å². The number of aromatic carboxylic acids is 1. The monoisotopic (exact) mass is 483 g/mol. The number of aromatic nitrogens is 2. The first kappa shape index (κ1) is 22.8. The zero-order valence-electron chi connectivity index (χ0n) is 20.0. The summed E-state index contributed by atoms with van der Waals surface area (Å²) in [7, 11) is 0. The number of rotatable bonds is 8. The molecule has 7 nitrogen and oxygen atoms in total. The maximum atomic E-state index is 11.6. The third-order valence-electron chi connectivity index (χ3n) is 7.20. The normalized spacial score (nSPS) is 19.9. The highest BCUT2D eigenvalue weighted by molar-refractivity contribution is 5.92. The minimum absolute atomic E-state index is 0.160. The molecule has 4 aromatic rings. The van der Waals surface area contributed by atoms with Crippen molar-refractivity contribution in [1.82, 2.24) is 14.5 Å². The summed E-state index contributed by atoms with van der Waals surface area (Å²) in [4.78, 5) is 18.9. The van der Waals surface area contributed by atoms with E-state index in [2.05, 4.69) is 27.7 Å². The minimum atomic E-state index is -0.924. The predicted molar refractivity (Wildman–Crippen MR) is 137 cm³/mol. The fourth-order valence-electron chi connectivity index (χ4n) is 5.17. The van der Waals surface area contributed by atoms with Crippen LogP contribution in [0.25, 0.3) is 11.0 Å². The van der Waals surface area contributed by atoms with E-state index in [1.54, 1.807) is 12.1 Å². The fourth-order valence-corrected chi connectivity index (χ4v) is 5.17. The number of imidazole rings is 1. The number of ether oxygens (including phenoxy) is 2. The van der Waals surface area contributed by atoms with E-state index in [4.69, 9.17) is 14.5 Å². The second-order valence-electron chi connectivity index (χ2n) is 9.64. The van der Waals surface area contributed by atoms with Gasteiger partial charge in [-0.15, -0.1) is 0 Å². The Bertz CT molecular complexity index is 1380. The first-order valence-corrected chi connectivity index (χ1v) is 12.5. The van der Waals surface area contributed by atoms with Crippen molar-refractivity contribution in [2.24, 2.45) is 0 Å². The second-order valence-corrected chi connectivity index (χ2v) is 9.64. The van der Waals surface area contributed by atoms with Crippen LogP contribution in [0, 0.1) is 0 Å². The van der Waals surface area contributed by atoms with Gasteiger partial charge in [-0.2, -0.15) is 0 Å². The van der Waals surface area contributed by atoms with E-state index < -0.39 is 5.97 Å². The predicted octanol–water partition coefficient (Wildman–Crippen LogP) is 5.31. The minimum Gasteiger partial charge on any atom is -0.478 e. The molecule has 0 saturated carbocycles. The van der Waals surface area contributed by atoms with E-state index >= 15 is 0 Å². The van der Waals surface area contributed by atoms with E-state index in [0.717, 1.165) is 67.4 Å². The van der Waals surface area contributed by atoms with Crippen LogP contribution in [0.15, 0.2) is 72.8 Å². The molecule has 2 unspecified atom stereocenters. The standard InChI is InChI=1S/C29H29N3O4/c33-29(34)21-9-10-26-27(16-21)32(18-25-12-14-35-25)28(30-26)19-31-13-11-22(17-31)20-5-4-8-24(15-20)36-23-6-2-1-3-7-23/h1-10,15-16,22,25H,11-14,17-19H2,(H,33,34). The third kappa shape index (κ3) is 4.72. The average Bonchev–Trinajstić information content (AvgIpc) is 3.46. The van der Waals surface area contributed by atoms with Crippen LogP contribution in [0.2, 0.25) is 0 Å². The zero-order valence-corrected chi connectivity index (χ0v) is 20.0. The summed E-state index contributed by atoms with van der Waals surface area (Å²) in [5.41, 5.74) is 3.26. The van der Waals surface area contributed by atoms with Gasteiger partial charge in [-0.05, 0) is 73.3 Å². The first-order chi connectivity index (χ1) is 17.6. The number of carboxylic acid groups (broad SMARTS) is 1. The van der Waals surface area contributed by atoms with Crippen LogP contribution in [-0.2, 0) is 17.8 Å². The number of nitrogens with zero attached hydrogens (tertiary/aromatic N) is 3. The summed E-state index contributed by atoms with van der Waals surface area (Å²) in [6, 6.07) is 23.4. The Morgan fingerprint density at radius 3 is 2.64 bits per heavy atom. The van der Waals surface area contributed by atoms with Gasteiger partial charge in [-0.1, -0.05) is 30.3 Å². The summed E-state index contributed by atoms with van der Waals surface area (Å²) in [5, 5.41) is 9.48. The Morgan fingerprint density at radius 2 is 1.86 bits per heavy atom. The lowest BCUT2D eigenvalue weighted by Crippen LogP contribution is -2.32. The molecule has 2 aliphatic rings. The van der Waals surface area contributed by atoms with Crippen LogP contribution in [0.1, 0.15) is 40.5 Å². The van der Waals surface area contributed by atoms with Gasteiger partial charge in [0.25, 0.3) is 0 Å². The molecule has 0 radical (unpaired) electrons. The van der Waals surface area contributed by atoms with Crippen LogP contribution >= 0.6 is 0 Å². The van der Waals surface area contributed by atoms with Gasteiger partial charge in [0.15, 0.2) is 0 Å². The van der Waals surface area contributed by atoms with Gasteiger partial charge in [-0.3, -0.25) is 4.90 Å². The van der Waals surface area contributed by atoms with Crippen molar-refractivity contribution in [2.75, 3.05) is 19.7 Å². The van der Waals surface area contributed by atoms with E-state index in [1.165, 1.54) is 5.56 Å². The Morgan fingerprint density at radius 1 is 1.03 bits per heavy atom. The van der Waals surface area contributed by atoms with Gasteiger partial charge >= 0.3 is 5.97 Å². The Kier molecular flexibility index (Phi) is 6.17. The van der Waals surface area contributed by atoms with E-state index in [1.807, 2.05) is 42.5 Å². The molecule has 3 aromatic carbocycles. The van der Waals surface area contributed by atoms with Crippen molar-refractivity contribution in [3.05, 3.63) is 89.7 Å². The van der Waals surface area contributed by atoms with Crippen molar-refractivity contribution in [1.29, 1.82) is 0 Å². The van der Waals surface area contributed by atoms with Gasteiger partial charge in [0.2, 0.25) is 0 Å². The van der Waals surface area contributed by atoms with Crippen LogP contribution < -0.4 is 4.74 Å². The van der Waals surface area contributed by atoms with Crippen LogP contribution in [0.4, 0.5) is 0 Å². The number of fused-ring (bicyclic) bond motifs is 1. The highest BCUT2D eigenvalue weighted by atomic mass is 16.5. The van der Waals surface area contributed by atoms with Crippen LogP contribution in [-0.4, -0.2) is 51.3 Å². The summed E-state index contributed by atoms with van der Waals surface area (Å²) in [6.45, 7) is 4.13. The summed E-state index contributed by atoms with van der Waals surface area (Å²) >= 11 is 0. The molecule has 2 atom stereocenters. The van der Waals surface area contributed by atoms with Crippen molar-refractivity contribution < 1.29 is 19.4 Å². The molecule has 1 N–H and O–H groups in total. The maximum Gasteiger partial charge on any atom is 0.335 e. The number of carbonyl (C=O) groups is 1. The van der Waals surface area contributed by atoms with Crippen molar-refractivity contribution in [3.8, 4) is 11.5 Å². The van der Waals surface area contributed by atoms with Gasteiger partial charge in [-0.25, -0.2) is 9.78 Å². The summed E-state index contributed by atoms with van der Waals surface area (Å²) in [6.07, 6.45) is 2.25. The number of carboxylic acids is 1. The van der Waals surface area contributed by atoms with Gasteiger partial charge < -0.3 is 19.1 Å². The SMILES string of the molecule is O=C(O)c1ccc2nc(CN3CCC(c4cccc(Oc5ccccc5)c4)C3)n(CC3CCO3)c2c1. The van der Waals surface area contributed by atoms with E-state index in [-0.39, 0.29) is 11.7 Å². The van der Waals surface area contributed by atoms with Crippen molar-refractivity contribution in [2.45, 2.75) is 38.0 Å². The Balaban J connectivity index is 1.19. The molecule has 2 saturated heterocycles. The van der Waals surface area contributed by atoms with Gasteiger partial charge in [0.1, 0.15) is 17.3 Å². The molecule has 36 heavy (non-hydrogen) atoms. The molecule has 0 aliphatic carbocycles. The summed E-state index contributed by atoms with van der Waals surface area (Å²) in [5.74, 6) is 2.16. The molecule has 2 fully saturated rings. The molecule has 0 spiro atoms. The van der Waals surface area contributed by atoms with Crippen LogP contribution in [0.3, 0.4) is 0 Å². The largest absolute Gasteiger partial charge is 0.478 e. The molecule has 6 rings (SSSR count). The Labute approximate surface area is 209 Å². The van der Waals surface area contributed by atoms with Crippen molar-refractivity contribution in [3.63, 3.8) is 0 Å². The summed E-state index contributed by atoms with van der Waals surface area (Å²) < 4.78 is 13.9. The number of benzene rings is 3. The fraction of sp³-hybridized carbons (Fsp3) is 0.310. The lowest BCUT2D eigenvalue weighted by Gasteiger charge is -2.28. The molecular weight excluding hydrogens is 454 g/mol. The lowest BCUT2D eigenvalue weighted by atomic mass is 9.98. The van der Waals surface area contributed by atoms with E-state index in [9.17, 15) is 9.90 Å². The molecule has 0 bridgehead atoms. The molecule has 3 heterocycles. The second kappa shape index (κ2) is 9.76. The average molecular weight is 484 g/mol. The smallest absolute Gasteiger partial charge is 0.335 e. The van der Waals surface area contributed by atoms with Gasteiger partial charge in [0.05, 0.1) is 35.8 Å². The number of likely N-dealkylation sites (tertiary alicyclic amines) is 1. The Hall–Kier alpha value is -3.68. The number of hydrogen-bond acceptors (Lipinski definition) is 5. The zero-order chi connectivity index (χ0) is 24.5. The highest BCUT2D eigenvalue weighted by Crippen LogP contribution is 2.32. The molecule has 0 amide bonds. The number of hydrogen-bond donors (Lipinski definition) is 1. The molecule has 2 aliphatic heterocycles. The topological polar surface area (TPSA) is 76.8 Å². The van der Waals surface area contributed by atoms with Crippen molar-refractivity contribution >= 4 is 17.0 Å². The molecule has 184 valence electrons. The molecule has 1 aromatic heterocycles. The number of para-hydroxylation sites is 1.